The molecule has 0 amide bonds. The van der Waals surface area contributed by atoms with Crippen LogP contribution in [-0.4, -0.2) is 18.7 Å². The van der Waals surface area contributed by atoms with Crippen LogP contribution >= 0.6 is 0 Å². The highest BCUT2D eigenvalue weighted by atomic mass is 19.1. The van der Waals surface area contributed by atoms with Gasteiger partial charge in [0.1, 0.15) is 11.6 Å². The Balaban J connectivity index is 1.76. The molecule has 0 atom stereocenters. The Labute approximate surface area is 185 Å². The molecule has 6 heteroatoms. The molecule has 3 aromatic rings. The van der Waals surface area contributed by atoms with Gasteiger partial charge in [-0.3, -0.25) is 0 Å². The first kappa shape index (κ1) is 23.4. The second-order valence-electron chi connectivity index (χ2n) is 7.88. The standard InChI is InChI=1S/C26H25F3O3/c1-16(2)32-25(30)15-31-24-10-9-23(28)22(26(24)29)8-7-18-11-17(3)12-20(13-18)19-5-4-6-21(27)14-19/h4-6,9-14,16H,7-8,15H2,1-3H3. The molecule has 0 radical (unpaired) electrons. The van der Waals surface area contributed by atoms with Crippen molar-refractivity contribution in [1.82, 2.24) is 0 Å². The molecule has 0 saturated carbocycles. The average Bonchev–Trinajstić information content (AvgIpc) is 2.72. The van der Waals surface area contributed by atoms with Gasteiger partial charge in [-0.25, -0.2) is 18.0 Å². The lowest BCUT2D eigenvalue weighted by atomic mass is 9.96. The van der Waals surface area contributed by atoms with Gasteiger partial charge in [0.2, 0.25) is 0 Å². The lowest BCUT2D eigenvalue weighted by Gasteiger charge is -2.13. The molecule has 0 heterocycles. The zero-order chi connectivity index (χ0) is 23.3. The van der Waals surface area contributed by atoms with E-state index in [2.05, 4.69) is 0 Å². The van der Waals surface area contributed by atoms with Crippen molar-refractivity contribution in [1.29, 1.82) is 0 Å². The van der Waals surface area contributed by atoms with Gasteiger partial charge >= 0.3 is 5.97 Å². The molecule has 3 aromatic carbocycles. The maximum absolute atomic E-state index is 14.9. The molecule has 0 N–H and O–H groups in total. The van der Waals surface area contributed by atoms with Crippen LogP contribution in [0.5, 0.6) is 5.75 Å². The van der Waals surface area contributed by atoms with Crippen molar-refractivity contribution in [3.05, 3.63) is 88.7 Å². The summed E-state index contributed by atoms with van der Waals surface area (Å²) in [5.41, 5.74) is 3.28. The van der Waals surface area contributed by atoms with Gasteiger partial charge in [-0.05, 0) is 74.6 Å². The van der Waals surface area contributed by atoms with Crippen LogP contribution in [0.2, 0.25) is 0 Å². The van der Waals surface area contributed by atoms with Gasteiger partial charge in [-0.2, -0.15) is 0 Å². The summed E-state index contributed by atoms with van der Waals surface area (Å²) in [6.45, 7) is 4.84. The highest BCUT2D eigenvalue weighted by Crippen LogP contribution is 2.27. The minimum Gasteiger partial charge on any atom is -0.479 e. The predicted octanol–water partition coefficient (Wildman–Crippen LogP) is 6.19. The van der Waals surface area contributed by atoms with Crippen LogP contribution in [0.4, 0.5) is 13.2 Å². The van der Waals surface area contributed by atoms with Crippen molar-refractivity contribution in [3.8, 4) is 16.9 Å². The zero-order valence-electron chi connectivity index (χ0n) is 18.3. The summed E-state index contributed by atoms with van der Waals surface area (Å²) >= 11 is 0. The van der Waals surface area contributed by atoms with E-state index in [1.807, 2.05) is 31.2 Å². The van der Waals surface area contributed by atoms with Gasteiger partial charge in [-0.15, -0.1) is 0 Å². The van der Waals surface area contributed by atoms with Crippen molar-refractivity contribution in [2.45, 2.75) is 39.7 Å². The fourth-order valence-corrected chi connectivity index (χ4v) is 3.46. The van der Waals surface area contributed by atoms with Crippen LogP contribution in [0.15, 0.2) is 54.6 Å². The molecular formula is C26H25F3O3. The van der Waals surface area contributed by atoms with E-state index >= 15 is 0 Å². The Kier molecular flexibility index (Phi) is 7.57. The van der Waals surface area contributed by atoms with E-state index in [9.17, 15) is 18.0 Å². The number of esters is 1. The number of carbonyl (C=O) groups excluding carboxylic acids is 1. The van der Waals surface area contributed by atoms with E-state index in [1.54, 1.807) is 19.9 Å². The number of halogens is 3. The normalized spacial score (nSPS) is 11.0. The summed E-state index contributed by atoms with van der Waals surface area (Å²) in [7, 11) is 0. The first-order valence-corrected chi connectivity index (χ1v) is 10.4. The Bertz CT molecular complexity index is 1110. The zero-order valence-corrected chi connectivity index (χ0v) is 18.3. The number of ether oxygens (including phenoxy) is 2. The summed E-state index contributed by atoms with van der Waals surface area (Å²) in [6.07, 6.45) is 0.153. The van der Waals surface area contributed by atoms with E-state index < -0.39 is 24.2 Å². The summed E-state index contributed by atoms with van der Waals surface area (Å²) in [4.78, 5) is 11.6. The van der Waals surface area contributed by atoms with Crippen LogP contribution < -0.4 is 4.74 Å². The molecular weight excluding hydrogens is 417 g/mol. The lowest BCUT2D eigenvalue weighted by Crippen LogP contribution is -2.19. The molecule has 0 bridgehead atoms. The number of hydrogen-bond donors (Lipinski definition) is 0. The van der Waals surface area contributed by atoms with Gasteiger partial charge in [-0.1, -0.05) is 35.9 Å². The SMILES string of the molecule is Cc1cc(CCc2c(F)ccc(OCC(=O)OC(C)C)c2F)cc(-c2cccc(F)c2)c1. The van der Waals surface area contributed by atoms with Crippen molar-refractivity contribution < 1.29 is 27.4 Å². The van der Waals surface area contributed by atoms with Crippen LogP contribution in [0.3, 0.4) is 0 Å². The van der Waals surface area contributed by atoms with E-state index in [0.29, 0.717) is 6.42 Å². The van der Waals surface area contributed by atoms with E-state index in [0.717, 1.165) is 34.4 Å². The molecule has 0 aliphatic carbocycles. The number of benzene rings is 3. The molecule has 32 heavy (non-hydrogen) atoms. The highest BCUT2D eigenvalue weighted by Gasteiger charge is 2.17. The van der Waals surface area contributed by atoms with Gasteiger partial charge < -0.3 is 9.47 Å². The van der Waals surface area contributed by atoms with E-state index in [-0.39, 0.29) is 29.7 Å². The van der Waals surface area contributed by atoms with Gasteiger partial charge in [0.05, 0.1) is 6.10 Å². The minimum absolute atomic E-state index is 0.0946. The molecule has 168 valence electrons. The smallest absolute Gasteiger partial charge is 0.344 e. The molecule has 0 aliphatic heterocycles. The summed E-state index contributed by atoms with van der Waals surface area (Å²) in [5.74, 6) is -2.68. The first-order valence-electron chi connectivity index (χ1n) is 10.4. The van der Waals surface area contributed by atoms with Crippen LogP contribution in [-0.2, 0) is 22.4 Å². The van der Waals surface area contributed by atoms with Crippen LogP contribution in [0, 0.1) is 24.4 Å². The third-order valence-electron chi connectivity index (χ3n) is 4.82. The third-order valence-corrected chi connectivity index (χ3v) is 4.82. The second kappa shape index (κ2) is 10.4. The largest absolute Gasteiger partial charge is 0.479 e. The maximum atomic E-state index is 14.9. The Hall–Kier alpha value is -3.28. The number of rotatable bonds is 8. The Morgan fingerprint density at radius 2 is 1.72 bits per heavy atom. The average molecular weight is 442 g/mol. The van der Waals surface area contributed by atoms with Crippen molar-refractivity contribution in [2.24, 2.45) is 0 Å². The number of hydrogen-bond acceptors (Lipinski definition) is 3. The summed E-state index contributed by atoms with van der Waals surface area (Å²) < 4.78 is 53.0. The fourth-order valence-electron chi connectivity index (χ4n) is 3.46. The molecule has 0 spiro atoms. The molecule has 0 aliphatic rings. The molecule has 3 nitrogen and oxygen atoms in total. The second-order valence-corrected chi connectivity index (χ2v) is 7.88. The van der Waals surface area contributed by atoms with Gasteiger partial charge in [0, 0.05) is 5.56 Å². The van der Waals surface area contributed by atoms with Crippen molar-refractivity contribution >= 4 is 5.97 Å². The maximum Gasteiger partial charge on any atom is 0.344 e. The Morgan fingerprint density at radius 1 is 0.938 bits per heavy atom. The van der Waals surface area contributed by atoms with Crippen molar-refractivity contribution in [2.75, 3.05) is 6.61 Å². The molecule has 0 aromatic heterocycles. The molecule has 0 fully saturated rings. The quantitative estimate of drug-likeness (QED) is 0.390. The molecule has 0 saturated heterocycles. The third kappa shape index (κ3) is 6.13. The topological polar surface area (TPSA) is 35.5 Å². The molecule has 0 unspecified atom stereocenters. The lowest BCUT2D eigenvalue weighted by molar-refractivity contribution is -0.149. The molecule has 3 rings (SSSR count). The van der Waals surface area contributed by atoms with E-state index in [4.69, 9.17) is 9.47 Å². The van der Waals surface area contributed by atoms with Crippen molar-refractivity contribution in [3.63, 3.8) is 0 Å². The summed E-state index contributed by atoms with van der Waals surface area (Å²) in [6, 6.07) is 14.3. The fraction of sp³-hybridized carbons (Fsp3) is 0.269. The van der Waals surface area contributed by atoms with Crippen LogP contribution in [0.1, 0.15) is 30.5 Å². The first-order chi connectivity index (χ1) is 15.2. The van der Waals surface area contributed by atoms with Gasteiger partial charge in [0.25, 0.3) is 0 Å². The number of aryl methyl sites for hydroxylation is 2. The highest BCUT2D eigenvalue weighted by molar-refractivity contribution is 5.71. The Morgan fingerprint density at radius 3 is 2.44 bits per heavy atom. The van der Waals surface area contributed by atoms with Gasteiger partial charge in [0.15, 0.2) is 18.2 Å². The monoisotopic (exact) mass is 442 g/mol. The van der Waals surface area contributed by atoms with E-state index in [1.165, 1.54) is 12.1 Å². The minimum atomic E-state index is -0.833. The summed E-state index contributed by atoms with van der Waals surface area (Å²) in [5, 5.41) is 0. The van der Waals surface area contributed by atoms with Crippen LogP contribution in [0.25, 0.3) is 11.1 Å². The number of carbonyl (C=O) groups is 1. The predicted molar refractivity (Wildman–Crippen MR) is 117 cm³/mol.